The van der Waals surface area contributed by atoms with Crippen LogP contribution in [0.15, 0.2) is 0 Å². The lowest BCUT2D eigenvalue weighted by Gasteiger charge is -2.13. The summed E-state index contributed by atoms with van der Waals surface area (Å²) in [5.41, 5.74) is 0. The van der Waals surface area contributed by atoms with Crippen molar-refractivity contribution in [2.24, 2.45) is 0 Å². The number of aromatic nitrogens is 3. The summed E-state index contributed by atoms with van der Waals surface area (Å²) >= 11 is 5.69. The second-order valence-corrected chi connectivity index (χ2v) is 3.33. The molecule has 0 aliphatic carbocycles. The molecule has 16 heavy (non-hydrogen) atoms. The summed E-state index contributed by atoms with van der Waals surface area (Å²) in [7, 11) is 0. The summed E-state index contributed by atoms with van der Waals surface area (Å²) in [6.45, 7) is 2.10. The van der Waals surface area contributed by atoms with Crippen LogP contribution in [-0.4, -0.2) is 51.0 Å². The van der Waals surface area contributed by atoms with Crippen molar-refractivity contribution >= 4 is 23.5 Å². The minimum absolute atomic E-state index is 0.0445. The average molecular weight is 248 g/mol. The fourth-order valence-corrected chi connectivity index (χ4v) is 1.14. The molecule has 8 heteroatoms. The van der Waals surface area contributed by atoms with Crippen molar-refractivity contribution in [1.29, 1.82) is 0 Å². The normalized spacial score (nSPS) is 10.6. The number of aliphatic hydroxyl groups is 2. The van der Waals surface area contributed by atoms with E-state index in [-0.39, 0.29) is 24.4 Å². The zero-order valence-electron chi connectivity index (χ0n) is 8.81. The number of anilines is 2. The van der Waals surface area contributed by atoms with E-state index in [0.717, 1.165) is 0 Å². The van der Waals surface area contributed by atoms with Gasteiger partial charge in [0.25, 0.3) is 0 Å². The van der Waals surface area contributed by atoms with Crippen molar-refractivity contribution in [2.75, 3.05) is 30.4 Å². The van der Waals surface area contributed by atoms with Crippen molar-refractivity contribution in [3.63, 3.8) is 0 Å². The van der Waals surface area contributed by atoms with Gasteiger partial charge in [0.2, 0.25) is 17.2 Å². The molecule has 0 aromatic carbocycles. The summed E-state index contributed by atoms with van der Waals surface area (Å²) in [5.74, 6) is 0.559. The predicted octanol–water partition coefficient (Wildman–Crippen LogP) is -0.278. The molecule has 0 saturated carbocycles. The third kappa shape index (κ3) is 3.76. The Labute approximate surface area is 97.9 Å². The summed E-state index contributed by atoms with van der Waals surface area (Å²) < 4.78 is 0. The molecule has 0 saturated heterocycles. The van der Waals surface area contributed by atoms with Crippen molar-refractivity contribution in [3.05, 3.63) is 5.28 Å². The number of nitrogens with zero attached hydrogens (tertiary/aromatic N) is 3. The van der Waals surface area contributed by atoms with Crippen LogP contribution in [-0.2, 0) is 0 Å². The van der Waals surface area contributed by atoms with Crippen LogP contribution in [0.2, 0.25) is 5.28 Å². The molecule has 4 N–H and O–H groups in total. The maximum atomic E-state index is 8.89. The molecule has 0 aliphatic rings. The van der Waals surface area contributed by atoms with Gasteiger partial charge in [0.15, 0.2) is 0 Å². The van der Waals surface area contributed by atoms with Crippen molar-refractivity contribution in [3.8, 4) is 0 Å². The van der Waals surface area contributed by atoms with E-state index in [1.807, 2.05) is 6.92 Å². The SMILES string of the molecule is CCNc1nc(Cl)nc(NC(CO)CO)n1. The van der Waals surface area contributed by atoms with Crippen LogP contribution < -0.4 is 10.6 Å². The van der Waals surface area contributed by atoms with Crippen LogP contribution in [0, 0.1) is 0 Å². The van der Waals surface area contributed by atoms with E-state index in [9.17, 15) is 0 Å². The quantitative estimate of drug-likeness (QED) is 0.548. The number of hydrogen-bond acceptors (Lipinski definition) is 7. The van der Waals surface area contributed by atoms with E-state index in [1.165, 1.54) is 0 Å². The fraction of sp³-hybridized carbons (Fsp3) is 0.625. The second-order valence-electron chi connectivity index (χ2n) is 2.99. The first kappa shape index (κ1) is 12.9. The van der Waals surface area contributed by atoms with Gasteiger partial charge in [-0.3, -0.25) is 0 Å². The Morgan fingerprint density at radius 1 is 1.19 bits per heavy atom. The fourth-order valence-electron chi connectivity index (χ4n) is 0.983. The van der Waals surface area contributed by atoms with Gasteiger partial charge >= 0.3 is 0 Å². The van der Waals surface area contributed by atoms with E-state index < -0.39 is 6.04 Å². The Morgan fingerprint density at radius 3 is 2.38 bits per heavy atom. The highest BCUT2D eigenvalue weighted by molar-refractivity contribution is 6.28. The maximum Gasteiger partial charge on any atom is 0.229 e. The van der Waals surface area contributed by atoms with Crippen molar-refractivity contribution in [1.82, 2.24) is 15.0 Å². The standard InChI is InChI=1S/C8H14ClN5O2/c1-2-10-7-12-6(9)13-8(14-7)11-5(3-15)4-16/h5,15-16H,2-4H2,1H3,(H2,10,11,12,13,14). The smallest absolute Gasteiger partial charge is 0.229 e. The summed E-state index contributed by atoms with van der Waals surface area (Å²) in [6, 6.07) is -0.520. The molecular formula is C8H14ClN5O2. The molecule has 1 aromatic rings. The van der Waals surface area contributed by atoms with Crippen molar-refractivity contribution < 1.29 is 10.2 Å². The highest BCUT2D eigenvalue weighted by Gasteiger charge is 2.09. The largest absolute Gasteiger partial charge is 0.394 e. The first-order valence-corrected chi connectivity index (χ1v) is 5.21. The number of aliphatic hydroxyl groups excluding tert-OH is 2. The lowest BCUT2D eigenvalue weighted by Crippen LogP contribution is -2.29. The highest BCUT2D eigenvalue weighted by atomic mass is 35.5. The first-order chi connectivity index (χ1) is 7.69. The monoisotopic (exact) mass is 247 g/mol. The van der Waals surface area contributed by atoms with Crippen LogP contribution in [0.5, 0.6) is 0 Å². The van der Waals surface area contributed by atoms with Crippen LogP contribution >= 0.6 is 11.6 Å². The van der Waals surface area contributed by atoms with Gasteiger partial charge in [0.05, 0.1) is 19.3 Å². The Kier molecular flexibility index (Phi) is 5.17. The van der Waals surface area contributed by atoms with Gasteiger partial charge in [0.1, 0.15) is 0 Å². The molecule has 0 atom stereocenters. The van der Waals surface area contributed by atoms with E-state index >= 15 is 0 Å². The molecule has 0 radical (unpaired) electrons. The molecular weight excluding hydrogens is 234 g/mol. The highest BCUT2D eigenvalue weighted by Crippen LogP contribution is 2.09. The maximum absolute atomic E-state index is 8.89. The van der Waals surface area contributed by atoms with E-state index in [1.54, 1.807) is 0 Å². The molecule has 0 unspecified atom stereocenters. The van der Waals surface area contributed by atoms with Gasteiger partial charge in [-0.05, 0) is 18.5 Å². The van der Waals surface area contributed by atoms with Crippen LogP contribution in [0.25, 0.3) is 0 Å². The zero-order chi connectivity index (χ0) is 12.0. The minimum atomic E-state index is -0.520. The Balaban J connectivity index is 2.78. The number of nitrogens with one attached hydrogen (secondary N) is 2. The van der Waals surface area contributed by atoms with E-state index in [0.29, 0.717) is 12.5 Å². The topological polar surface area (TPSA) is 103 Å². The minimum Gasteiger partial charge on any atom is -0.394 e. The molecule has 1 heterocycles. The third-order valence-corrected chi connectivity index (χ3v) is 1.89. The number of halogens is 1. The van der Waals surface area contributed by atoms with Gasteiger partial charge in [-0.25, -0.2) is 0 Å². The van der Waals surface area contributed by atoms with Crippen molar-refractivity contribution in [2.45, 2.75) is 13.0 Å². The summed E-state index contributed by atoms with van der Waals surface area (Å²) in [4.78, 5) is 11.7. The molecule has 0 spiro atoms. The average Bonchev–Trinajstić information content (AvgIpc) is 2.25. The third-order valence-electron chi connectivity index (χ3n) is 1.72. The lowest BCUT2D eigenvalue weighted by atomic mass is 10.3. The first-order valence-electron chi connectivity index (χ1n) is 4.83. The predicted molar refractivity (Wildman–Crippen MR) is 60.6 cm³/mol. The van der Waals surface area contributed by atoms with Gasteiger partial charge in [-0.1, -0.05) is 0 Å². The number of rotatable bonds is 6. The molecule has 0 aliphatic heterocycles. The van der Waals surface area contributed by atoms with Crippen LogP contribution in [0.4, 0.5) is 11.9 Å². The zero-order valence-corrected chi connectivity index (χ0v) is 9.57. The van der Waals surface area contributed by atoms with Gasteiger partial charge in [-0.15, -0.1) is 0 Å². The molecule has 1 rings (SSSR count). The molecule has 0 amide bonds. The van der Waals surface area contributed by atoms with E-state index in [4.69, 9.17) is 21.8 Å². The lowest BCUT2D eigenvalue weighted by molar-refractivity contribution is 0.203. The van der Waals surface area contributed by atoms with Gasteiger partial charge in [0, 0.05) is 6.54 Å². The Bertz CT molecular complexity index is 334. The van der Waals surface area contributed by atoms with Crippen LogP contribution in [0.1, 0.15) is 6.92 Å². The Hall–Kier alpha value is -1.18. The Morgan fingerprint density at radius 2 is 1.81 bits per heavy atom. The second kappa shape index (κ2) is 6.41. The van der Waals surface area contributed by atoms with Crippen LogP contribution in [0.3, 0.4) is 0 Å². The summed E-state index contributed by atoms with van der Waals surface area (Å²) in [5, 5.41) is 23.4. The molecule has 90 valence electrons. The van der Waals surface area contributed by atoms with E-state index in [2.05, 4.69) is 25.6 Å². The van der Waals surface area contributed by atoms with Gasteiger partial charge < -0.3 is 20.8 Å². The molecule has 0 bridgehead atoms. The molecule has 1 aromatic heterocycles. The summed E-state index contributed by atoms with van der Waals surface area (Å²) in [6.07, 6.45) is 0. The number of hydrogen-bond donors (Lipinski definition) is 4. The molecule has 7 nitrogen and oxygen atoms in total. The van der Waals surface area contributed by atoms with Gasteiger partial charge in [-0.2, -0.15) is 15.0 Å². The molecule has 0 fully saturated rings.